The zero-order chi connectivity index (χ0) is 17.2. The Balaban J connectivity index is 2.50. The van der Waals surface area contributed by atoms with Crippen LogP contribution in [0.4, 0.5) is 5.69 Å². The Hall–Kier alpha value is -2.61. The molecule has 0 aliphatic rings. The zero-order valence-electron chi connectivity index (χ0n) is 12.8. The Morgan fingerprint density at radius 1 is 1.04 bits per heavy atom. The van der Waals surface area contributed by atoms with Gasteiger partial charge in [0.25, 0.3) is 5.69 Å². The molecule has 2 rings (SSSR count). The second-order valence-electron chi connectivity index (χ2n) is 4.85. The molecule has 8 heteroatoms. The van der Waals surface area contributed by atoms with Crippen LogP contribution in [0.2, 0.25) is 0 Å². The number of hydrogen-bond donors (Lipinski definition) is 0. The van der Waals surface area contributed by atoms with Crippen molar-refractivity contribution in [1.29, 1.82) is 0 Å². The van der Waals surface area contributed by atoms with Gasteiger partial charge in [0.05, 0.1) is 12.0 Å². The zero-order valence-corrected chi connectivity index (χ0v) is 13.6. The summed E-state index contributed by atoms with van der Waals surface area (Å²) in [5.41, 5.74) is 0.314. The summed E-state index contributed by atoms with van der Waals surface area (Å²) in [6.45, 7) is 2.97. The minimum absolute atomic E-state index is 0.0483. The number of benzene rings is 2. The van der Waals surface area contributed by atoms with Crippen molar-refractivity contribution in [3.63, 3.8) is 0 Å². The van der Waals surface area contributed by atoms with E-state index < -0.39 is 15.0 Å². The highest BCUT2D eigenvalue weighted by atomic mass is 32.2. The van der Waals surface area contributed by atoms with Crippen molar-refractivity contribution >= 4 is 15.8 Å². The van der Waals surface area contributed by atoms with Crippen LogP contribution in [0.15, 0.2) is 41.3 Å². The highest BCUT2D eigenvalue weighted by Crippen LogP contribution is 2.32. The summed E-state index contributed by atoms with van der Waals surface area (Å²) < 4.78 is 35.3. The third kappa shape index (κ3) is 3.42. The second kappa shape index (κ2) is 6.25. The summed E-state index contributed by atoms with van der Waals surface area (Å²) in [6.07, 6.45) is 0. The van der Waals surface area contributed by atoms with E-state index in [2.05, 4.69) is 0 Å². The van der Waals surface area contributed by atoms with Crippen LogP contribution in [0.25, 0.3) is 0 Å². The summed E-state index contributed by atoms with van der Waals surface area (Å²) in [7, 11) is -2.75. The molecule has 2 aromatic carbocycles. The summed E-state index contributed by atoms with van der Waals surface area (Å²) in [5, 5.41) is 10.8. The molecule has 0 aliphatic carbocycles. The third-order valence-corrected chi connectivity index (χ3v) is 4.72. The van der Waals surface area contributed by atoms with Crippen molar-refractivity contribution in [2.45, 2.75) is 18.7 Å². The fourth-order valence-corrected chi connectivity index (χ4v) is 3.64. The van der Waals surface area contributed by atoms with E-state index in [9.17, 15) is 18.5 Å². The molecular weight excluding hydrogens is 322 g/mol. The largest absolute Gasteiger partial charge is 0.493 e. The van der Waals surface area contributed by atoms with Crippen LogP contribution in [0, 0.1) is 24.0 Å². The van der Waals surface area contributed by atoms with Crippen molar-refractivity contribution in [2.24, 2.45) is 0 Å². The molecule has 0 saturated heterocycles. The molecule has 0 aliphatic heterocycles. The van der Waals surface area contributed by atoms with Gasteiger partial charge in [-0.2, -0.15) is 8.42 Å². The number of methoxy groups -OCH3 is 1. The number of hydrogen-bond acceptors (Lipinski definition) is 6. The van der Waals surface area contributed by atoms with Crippen LogP contribution in [-0.4, -0.2) is 20.5 Å². The minimum atomic E-state index is -4.15. The normalized spacial score (nSPS) is 11.1. The van der Waals surface area contributed by atoms with Crippen molar-refractivity contribution in [3.05, 3.63) is 57.6 Å². The van der Waals surface area contributed by atoms with E-state index in [0.717, 1.165) is 0 Å². The Morgan fingerprint density at radius 3 is 2.04 bits per heavy atom. The SMILES string of the molecule is COc1ccccc1OS(=O)(=O)c1c(C)cc([N+](=O)[O-])cc1C. The number of rotatable bonds is 5. The van der Waals surface area contributed by atoms with Crippen molar-refractivity contribution in [1.82, 2.24) is 0 Å². The van der Waals surface area contributed by atoms with Gasteiger partial charge >= 0.3 is 10.1 Å². The molecule has 0 N–H and O–H groups in total. The first-order valence-electron chi connectivity index (χ1n) is 6.59. The van der Waals surface area contributed by atoms with Gasteiger partial charge in [-0.1, -0.05) is 12.1 Å². The fourth-order valence-electron chi connectivity index (χ4n) is 2.27. The van der Waals surface area contributed by atoms with Crippen molar-refractivity contribution < 1.29 is 22.3 Å². The van der Waals surface area contributed by atoms with Gasteiger partial charge in [0.15, 0.2) is 11.5 Å². The average Bonchev–Trinajstić information content (AvgIpc) is 2.46. The number of nitro benzene ring substituents is 1. The molecule has 2 aromatic rings. The van der Waals surface area contributed by atoms with Crippen LogP contribution in [0.3, 0.4) is 0 Å². The van der Waals surface area contributed by atoms with Crippen molar-refractivity contribution in [3.8, 4) is 11.5 Å². The van der Waals surface area contributed by atoms with Crippen LogP contribution in [0.1, 0.15) is 11.1 Å². The molecule has 0 heterocycles. The van der Waals surface area contributed by atoms with Gasteiger partial charge in [-0.3, -0.25) is 10.1 Å². The third-order valence-electron chi connectivity index (χ3n) is 3.17. The molecule has 0 fully saturated rings. The highest BCUT2D eigenvalue weighted by Gasteiger charge is 2.25. The summed E-state index contributed by atoms with van der Waals surface area (Å²) in [4.78, 5) is 10.2. The Bertz CT molecular complexity index is 837. The Morgan fingerprint density at radius 2 is 1.57 bits per heavy atom. The van der Waals surface area contributed by atoms with E-state index in [1.165, 1.54) is 39.2 Å². The number of aryl methyl sites for hydroxylation is 2. The first kappa shape index (κ1) is 16.8. The Kier molecular flexibility index (Phi) is 4.55. The first-order chi connectivity index (χ1) is 10.8. The van der Waals surface area contributed by atoms with Crippen LogP contribution in [-0.2, 0) is 10.1 Å². The van der Waals surface area contributed by atoms with Crippen LogP contribution < -0.4 is 8.92 Å². The van der Waals surface area contributed by atoms with Gasteiger partial charge < -0.3 is 8.92 Å². The predicted octanol–water partition coefficient (Wildman–Crippen LogP) is 2.99. The smallest absolute Gasteiger partial charge is 0.339 e. The lowest BCUT2D eigenvalue weighted by atomic mass is 10.1. The van der Waals surface area contributed by atoms with Crippen LogP contribution in [0.5, 0.6) is 11.5 Å². The van der Waals surface area contributed by atoms with Gasteiger partial charge in [0.1, 0.15) is 4.90 Å². The van der Waals surface area contributed by atoms with E-state index in [1.807, 2.05) is 0 Å². The number of ether oxygens (including phenoxy) is 1. The summed E-state index contributed by atoms with van der Waals surface area (Å²) in [5.74, 6) is 0.320. The molecule has 0 spiro atoms. The van der Waals surface area contributed by atoms with E-state index in [0.29, 0.717) is 0 Å². The van der Waals surface area contributed by atoms with E-state index in [-0.39, 0.29) is 33.2 Å². The standard InChI is InChI=1S/C15H15NO6S/c1-10-8-12(16(17)18)9-11(2)15(10)23(19,20)22-14-7-5-4-6-13(14)21-3/h4-9H,1-3H3. The van der Waals surface area contributed by atoms with E-state index in [4.69, 9.17) is 8.92 Å². The molecule has 0 amide bonds. The number of nitrogens with zero attached hydrogens (tertiary/aromatic N) is 1. The number of para-hydroxylation sites is 2. The number of non-ortho nitro benzene ring substituents is 1. The lowest BCUT2D eigenvalue weighted by Gasteiger charge is -2.13. The maximum Gasteiger partial charge on any atom is 0.339 e. The molecule has 23 heavy (non-hydrogen) atoms. The van der Waals surface area contributed by atoms with Gasteiger partial charge in [-0.25, -0.2) is 0 Å². The van der Waals surface area contributed by atoms with Gasteiger partial charge in [0, 0.05) is 12.1 Å². The average molecular weight is 337 g/mol. The summed E-state index contributed by atoms with van der Waals surface area (Å²) in [6, 6.07) is 8.73. The lowest BCUT2D eigenvalue weighted by Crippen LogP contribution is -2.14. The van der Waals surface area contributed by atoms with Crippen LogP contribution >= 0.6 is 0 Å². The molecule has 0 saturated carbocycles. The lowest BCUT2D eigenvalue weighted by molar-refractivity contribution is -0.385. The molecule has 0 aromatic heterocycles. The molecule has 0 bridgehead atoms. The minimum Gasteiger partial charge on any atom is -0.493 e. The van der Waals surface area contributed by atoms with E-state index >= 15 is 0 Å². The fraction of sp³-hybridized carbons (Fsp3) is 0.200. The molecular formula is C15H15NO6S. The topological polar surface area (TPSA) is 95.7 Å². The van der Waals surface area contributed by atoms with Gasteiger partial charge in [-0.05, 0) is 37.1 Å². The number of nitro groups is 1. The van der Waals surface area contributed by atoms with Gasteiger partial charge in [-0.15, -0.1) is 0 Å². The highest BCUT2D eigenvalue weighted by molar-refractivity contribution is 7.87. The molecule has 122 valence electrons. The quantitative estimate of drug-likeness (QED) is 0.473. The van der Waals surface area contributed by atoms with E-state index in [1.54, 1.807) is 18.2 Å². The molecule has 0 unspecified atom stereocenters. The first-order valence-corrected chi connectivity index (χ1v) is 8.00. The predicted molar refractivity (Wildman–Crippen MR) is 83.4 cm³/mol. The maximum atomic E-state index is 12.5. The molecule has 0 atom stereocenters. The monoisotopic (exact) mass is 337 g/mol. The molecule has 0 radical (unpaired) electrons. The molecule has 7 nitrogen and oxygen atoms in total. The van der Waals surface area contributed by atoms with Crippen molar-refractivity contribution in [2.75, 3.05) is 7.11 Å². The summed E-state index contributed by atoms with van der Waals surface area (Å²) >= 11 is 0. The second-order valence-corrected chi connectivity index (χ2v) is 6.34. The maximum absolute atomic E-state index is 12.5. The Labute approximate surface area is 133 Å². The van der Waals surface area contributed by atoms with Gasteiger partial charge in [0.2, 0.25) is 0 Å².